The van der Waals surface area contributed by atoms with Gasteiger partial charge >= 0.3 is 5.97 Å². The van der Waals surface area contributed by atoms with Crippen molar-refractivity contribution in [1.29, 1.82) is 0 Å². The molecule has 0 bridgehead atoms. The summed E-state index contributed by atoms with van der Waals surface area (Å²) in [6.07, 6.45) is 1.34. The number of aryl methyl sites for hydroxylation is 1. The molecule has 120 valence electrons. The summed E-state index contributed by atoms with van der Waals surface area (Å²) in [6, 6.07) is 8.73. The number of carbonyl (C=O) groups excluding carboxylic acids is 2. The van der Waals surface area contributed by atoms with Crippen molar-refractivity contribution in [1.82, 2.24) is 4.98 Å². The van der Waals surface area contributed by atoms with Gasteiger partial charge in [-0.15, -0.1) is 0 Å². The zero-order valence-electron chi connectivity index (χ0n) is 13.3. The summed E-state index contributed by atoms with van der Waals surface area (Å²) in [6.45, 7) is 3.80. The lowest BCUT2D eigenvalue weighted by molar-refractivity contribution is -0.118. The number of ether oxygens (including phenoxy) is 2. The lowest BCUT2D eigenvalue weighted by Crippen LogP contribution is -2.21. The summed E-state index contributed by atoms with van der Waals surface area (Å²) < 4.78 is 10.1. The van der Waals surface area contributed by atoms with Crippen molar-refractivity contribution in [2.45, 2.75) is 13.8 Å². The predicted octanol–water partition coefficient (Wildman–Crippen LogP) is 2.50. The minimum atomic E-state index is -0.478. The van der Waals surface area contributed by atoms with Crippen LogP contribution in [0.3, 0.4) is 0 Å². The van der Waals surface area contributed by atoms with Gasteiger partial charge in [-0.2, -0.15) is 0 Å². The fraction of sp³-hybridized carbons (Fsp3) is 0.235. The highest BCUT2D eigenvalue weighted by Gasteiger charge is 2.09. The van der Waals surface area contributed by atoms with Crippen LogP contribution in [-0.4, -0.2) is 30.6 Å². The number of rotatable bonds is 5. The third-order valence-electron chi connectivity index (χ3n) is 3.37. The molecule has 1 heterocycles. The Morgan fingerprint density at radius 1 is 1.17 bits per heavy atom. The molecule has 0 radical (unpaired) electrons. The molecule has 0 spiro atoms. The Morgan fingerprint density at radius 3 is 2.61 bits per heavy atom. The first-order chi connectivity index (χ1) is 11.0. The molecule has 0 aliphatic heterocycles. The zero-order chi connectivity index (χ0) is 16.8. The van der Waals surface area contributed by atoms with Gasteiger partial charge in [0.1, 0.15) is 11.6 Å². The molecule has 1 N–H and O–H groups in total. The molecule has 0 saturated carbocycles. The van der Waals surface area contributed by atoms with Gasteiger partial charge in [0.05, 0.1) is 12.7 Å². The van der Waals surface area contributed by atoms with E-state index in [-0.39, 0.29) is 12.5 Å². The molecule has 0 atom stereocenters. The highest BCUT2D eigenvalue weighted by molar-refractivity contribution is 5.92. The monoisotopic (exact) mass is 314 g/mol. The second-order valence-electron chi connectivity index (χ2n) is 4.96. The summed E-state index contributed by atoms with van der Waals surface area (Å²) in [5.41, 5.74) is 2.42. The fourth-order valence-electron chi connectivity index (χ4n) is 1.91. The Hall–Kier alpha value is -2.89. The third kappa shape index (κ3) is 4.29. The van der Waals surface area contributed by atoms with Gasteiger partial charge in [0.2, 0.25) is 0 Å². The van der Waals surface area contributed by atoms with Crippen LogP contribution in [0.4, 0.5) is 5.82 Å². The Bertz CT molecular complexity index is 711. The molecule has 2 rings (SSSR count). The molecule has 0 fully saturated rings. The summed E-state index contributed by atoms with van der Waals surface area (Å²) >= 11 is 0. The van der Waals surface area contributed by atoms with Crippen LogP contribution >= 0.6 is 0 Å². The molecule has 0 aliphatic carbocycles. The van der Waals surface area contributed by atoms with E-state index in [0.29, 0.717) is 17.1 Å². The minimum Gasteiger partial charge on any atom is -0.483 e. The summed E-state index contributed by atoms with van der Waals surface area (Å²) in [5.74, 6) is 0.208. The molecule has 1 aromatic carbocycles. The molecular weight excluding hydrogens is 296 g/mol. The number of anilines is 1. The normalized spacial score (nSPS) is 10.0. The Morgan fingerprint density at radius 2 is 1.96 bits per heavy atom. The summed E-state index contributed by atoms with van der Waals surface area (Å²) in [5, 5.41) is 2.60. The van der Waals surface area contributed by atoms with E-state index in [0.717, 1.165) is 11.1 Å². The number of hydrogen-bond acceptors (Lipinski definition) is 5. The van der Waals surface area contributed by atoms with Crippen molar-refractivity contribution in [3.8, 4) is 5.75 Å². The number of benzene rings is 1. The van der Waals surface area contributed by atoms with E-state index in [9.17, 15) is 9.59 Å². The molecule has 6 nitrogen and oxygen atoms in total. The third-order valence-corrected chi connectivity index (χ3v) is 3.37. The van der Waals surface area contributed by atoms with Crippen LogP contribution in [0.25, 0.3) is 0 Å². The number of methoxy groups -OCH3 is 1. The van der Waals surface area contributed by atoms with Crippen molar-refractivity contribution in [2.75, 3.05) is 19.0 Å². The summed E-state index contributed by atoms with van der Waals surface area (Å²) in [4.78, 5) is 27.2. The van der Waals surface area contributed by atoms with Gasteiger partial charge in [0.15, 0.2) is 6.61 Å². The van der Waals surface area contributed by atoms with Crippen LogP contribution < -0.4 is 10.1 Å². The molecule has 0 saturated heterocycles. The maximum Gasteiger partial charge on any atom is 0.339 e. The average molecular weight is 314 g/mol. The Labute approximate surface area is 134 Å². The van der Waals surface area contributed by atoms with E-state index >= 15 is 0 Å². The van der Waals surface area contributed by atoms with E-state index in [1.807, 2.05) is 32.0 Å². The van der Waals surface area contributed by atoms with Gasteiger partial charge in [-0.3, -0.25) is 4.79 Å². The quantitative estimate of drug-likeness (QED) is 0.858. The first kappa shape index (κ1) is 16.5. The highest BCUT2D eigenvalue weighted by Crippen LogP contribution is 2.20. The standard InChI is InChI=1S/C17H18N2O4/c1-11-5-4-6-14(12(11)2)23-10-16(20)19-15-8-7-13(9-18-15)17(21)22-3/h4-9H,10H2,1-3H3,(H,18,19,20). The number of hydrogen-bond donors (Lipinski definition) is 1. The van der Waals surface area contributed by atoms with Gasteiger partial charge in [0.25, 0.3) is 5.91 Å². The lowest BCUT2D eigenvalue weighted by Gasteiger charge is -2.10. The largest absolute Gasteiger partial charge is 0.483 e. The van der Waals surface area contributed by atoms with Crippen molar-refractivity contribution in [2.24, 2.45) is 0 Å². The van der Waals surface area contributed by atoms with E-state index < -0.39 is 5.97 Å². The number of nitrogens with zero attached hydrogens (tertiary/aromatic N) is 1. The smallest absolute Gasteiger partial charge is 0.339 e. The van der Waals surface area contributed by atoms with Crippen LogP contribution in [0.2, 0.25) is 0 Å². The van der Waals surface area contributed by atoms with Crippen LogP contribution in [-0.2, 0) is 9.53 Å². The van der Waals surface area contributed by atoms with Gasteiger partial charge in [0, 0.05) is 6.20 Å². The molecule has 2 aromatic rings. The van der Waals surface area contributed by atoms with Crippen LogP contribution in [0.5, 0.6) is 5.75 Å². The number of amides is 1. The Balaban J connectivity index is 1.92. The second kappa shape index (κ2) is 7.40. The SMILES string of the molecule is COC(=O)c1ccc(NC(=O)COc2cccc(C)c2C)nc1. The average Bonchev–Trinajstić information content (AvgIpc) is 2.56. The van der Waals surface area contributed by atoms with Crippen LogP contribution in [0.15, 0.2) is 36.5 Å². The van der Waals surface area contributed by atoms with Crippen molar-refractivity contribution in [3.05, 3.63) is 53.2 Å². The number of nitrogens with one attached hydrogen (secondary N) is 1. The van der Waals surface area contributed by atoms with E-state index in [1.54, 1.807) is 0 Å². The molecule has 0 aliphatic rings. The molecular formula is C17H18N2O4. The number of aromatic nitrogens is 1. The number of carbonyl (C=O) groups is 2. The molecule has 1 aromatic heterocycles. The Kier molecular flexibility index (Phi) is 5.30. The van der Waals surface area contributed by atoms with Crippen LogP contribution in [0.1, 0.15) is 21.5 Å². The van der Waals surface area contributed by atoms with Crippen molar-refractivity contribution >= 4 is 17.7 Å². The van der Waals surface area contributed by atoms with Gasteiger partial charge in [-0.05, 0) is 43.2 Å². The van der Waals surface area contributed by atoms with E-state index in [4.69, 9.17) is 4.74 Å². The number of pyridine rings is 1. The minimum absolute atomic E-state index is 0.120. The topological polar surface area (TPSA) is 77.5 Å². The van der Waals surface area contributed by atoms with Crippen molar-refractivity contribution < 1.29 is 19.1 Å². The zero-order valence-corrected chi connectivity index (χ0v) is 13.3. The van der Waals surface area contributed by atoms with Crippen molar-refractivity contribution in [3.63, 3.8) is 0 Å². The second-order valence-corrected chi connectivity index (χ2v) is 4.96. The first-order valence-corrected chi connectivity index (χ1v) is 7.04. The molecule has 23 heavy (non-hydrogen) atoms. The first-order valence-electron chi connectivity index (χ1n) is 7.04. The predicted molar refractivity (Wildman–Crippen MR) is 85.6 cm³/mol. The van der Waals surface area contributed by atoms with Gasteiger partial charge < -0.3 is 14.8 Å². The molecule has 1 amide bonds. The van der Waals surface area contributed by atoms with Gasteiger partial charge in [-0.25, -0.2) is 9.78 Å². The maximum atomic E-state index is 11.9. The highest BCUT2D eigenvalue weighted by atomic mass is 16.5. The molecule has 6 heteroatoms. The van der Waals surface area contributed by atoms with E-state index in [2.05, 4.69) is 15.0 Å². The number of esters is 1. The van der Waals surface area contributed by atoms with Gasteiger partial charge in [-0.1, -0.05) is 12.1 Å². The van der Waals surface area contributed by atoms with E-state index in [1.165, 1.54) is 25.4 Å². The van der Waals surface area contributed by atoms with Crippen LogP contribution in [0, 0.1) is 13.8 Å². The maximum absolute atomic E-state index is 11.9. The summed E-state index contributed by atoms with van der Waals surface area (Å²) in [7, 11) is 1.29. The fourth-order valence-corrected chi connectivity index (χ4v) is 1.91. The lowest BCUT2D eigenvalue weighted by atomic mass is 10.1. The molecule has 0 unspecified atom stereocenters.